The van der Waals surface area contributed by atoms with E-state index >= 15 is 0 Å². The third-order valence-corrected chi connectivity index (χ3v) is 2.74. The number of hydrogen-bond donors (Lipinski definition) is 1. The monoisotopic (exact) mass is 273 g/mol. The van der Waals surface area contributed by atoms with Gasteiger partial charge in [0.2, 0.25) is 0 Å². The maximum absolute atomic E-state index is 11.8. The van der Waals surface area contributed by atoms with Crippen molar-refractivity contribution in [3.63, 3.8) is 0 Å². The van der Waals surface area contributed by atoms with E-state index in [1.807, 2.05) is 24.4 Å². The zero-order valence-corrected chi connectivity index (χ0v) is 11.1. The van der Waals surface area contributed by atoms with Crippen LogP contribution in [0.1, 0.15) is 16.8 Å². The SMILES string of the molecule is COC(=O)CCNC(=O)c1ccc(-n2cccn2)cc1. The minimum atomic E-state index is -0.348. The fraction of sp³-hybridized carbons (Fsp3) is 0.214. The Balaban J connectivity index is 1.92. The normalized spacial score (nSPS) is 10.1. The van der Waals surface area contributed by atoms with Crippen LogP contribution in [0.15, 0.2) is 42.7 Å². The molecule has 1 aromatic heterocycles. The number of aromatic nitrogens is 2. The first kappa shape index (κ1) is 13.8. The standard InChI is InChI=1S/C14H15N3O3/c1-20-13(18)7-9-15-14(19)11-3-5-12(6-4-11)17-10-2-8-16-17/h2-6,8,10H,7,9H2,1H3,(H,15,19). The molecule has 0 aliphatic heterocycles. The Hall–Kier alpha value is -2.63. The molecule has 2 aromatic rings. The van der Waals surface area contributed by atoms with Gasteiger partial charge < -0.3 is 10.1 Å². The molecule has 2 rings (SSSR count). The third kappa shape index (κ3) is 3.44. The molecule has 0 fully saturated rings. The first-order valence-corrected chi connectivity index (χ1v) is 6.16. The van der Waals surface area contributed by atoms with E-state index in [1.54, 1.807) is 23.0 Å². The Kier molecular flexibility index (Phi) is 4.49. The van der Waals surface area contributed by atoms with Gasteiger partial charge >= 0.3 is 5.97 Å². The van der Waals surface area contributed by atoms with Crippen LogP contribution in [-0.2, 0) is 9.53 Å². The Labute approximate surface area is 116 Å². The Morgan fingerprint density at radius 2 is 2.05 bits per heavy atom. The smallest absolute Gasteiger partial charge is 0.307 e. The van der Waals surface area contributed by atoms with Crippen molar-refractivity contribution < 1.29 is 14.3 Å². The van der Waals surface area contributed by atoms with Crippen molar-refractivity contribution in [3.8, 4) is 5.69 Å². The van der Waals surface area contributed by atoms with E-state index in [9.17, 15) is 9.59 Å². The van der Waals surface area contributed by atoms with Crippen molar-refractivity contribution in [2.45, 2.75) is 6.42 Å². The molecule has 0 atom stereocenters. The van der Waals surface area contributed by atoms with Crippen LogP contribution in [0.5, 0.6) is 0 Å². The van der Waals surface area contributed by atoms with Crippen molar-refractivity contribution in [2.75, 3.05) is 13.7 Å². The van der Waals surface area contributed by atoms with Gasteiger partial charge in [-0.25, -0.2) is 4.68 Å². The number of ether oxygens (including phenoxy) is 1. The molecule has 0 saturated carbocycles. The summed E-state index contributed by atoms with van der Waals surface area (Å²) in [6.07, 6.45) is 3.67. The fourth-order valence-electron chi connectivity index (χ4n) is 1.67. The second-order valence-electron chi connectivity index (χ2n) is 4.08. The number of hydrogen-bond acceptors (Lipinski definition) is 4. The zero-order valence-electron chi connectivity index (χ0n) is 11.1. The van der Waals surface area contributed by atoms with E-state index in [4.69, 9.17) is 0 Å². The summed E-state index contributed by atoms with van der Waals surface area (Å²) in [5, 5.41) is 6.76. The van der Waals surface area contributed by atoms with Crippen LogP contribution in [0.25, 0.3) is 5.69 Å². The first-order chi connectivity index (χ1) is 9.70. The highest BCUT2D eigenvalue weighted by Crippen LogP contribution is 2.08. The van der Waals surface area contributed by atoms with Crippen LogP contribution < -0.4 is 5.32 Å². The number of esters is 1. The summed E-state index contributed by atoms with van der Waals surface area (Å²) in [4.78, 5) is 22.7. The Morgan fingerprint density at radius 1 is 1.30 bits per heavy atom. The van der Waals surface area contributed by atoms with Crippen molar-refractivity contribution in [1.82, 2.24) is 15.1 Å². The van der Waals surface area contributed by atoms with Gasteiger partial charge in [-0.1, -0.05) is 0 Å². The molecule has 0 bridgehead atoms. The molecule has 0 radical (unpaired) electrons. The quantitative estimate of drug-likeness (QED) is 0.830. The Morgan fingerprint density at radius 3 is 2.65 bits per heavy atom. The lowest BCUT2D eigenvalue weighted by Crippen LogP contribution is -2.26. The van der Waals surface area contributed by atoms with Crippen molar-refractivity contribution >= 4 is 11.9 Å². The molecule has 0 aliphatic carbocycles. The number of benzene rings is 1. The lowest BCUT2D eigenvalue weighted by atomic mass is 10.2. The summed E-state index contributed by atoms with van der Waals surface area (Å²) in [5.74, 6) is -0.569. The average Bonchev–Trinajstić information content (AvgIpc) is 3.01. The molecule has 1 N–H and O–H groups in total. The van der Waals surface area contributed by atoms with Crippen LogP contribution in [-0.4, -0.2) is 35.3 Å². The van der Waals surface area contributed by atoms with Gasteiger partial charge in [0.15, 0.2) is 0 Å². The topological polar surface area (TPSA) is 73.2 Å². The van der Waals surface area contributed by atoms with Crippen molar-refractivity contribution in [2.24, 2.45) is 0 Å². The van der Waals surface area contributed by atoms with E-state index in [1.165, 1.54) is 7.11 Å². The van der Waals surface area contributed by atoms with Gasteiger partial charge in [0.25, 0.3) is 5.91 Å². The predicted molar refractivity (Wildman–Crippen MR) is 72.5 cm³/mol. The van der Waals surface area contributed by atoms with Gasteiger partial charge in [-0.3, -0.25) is 9.59 Å². The molecule has 0 spiro atoms. The molecule has 6 nitrogen and oxygen atoms in total. The van der Waals surface area contributed by atoms with Gasteiger partial charge in [-0.2, -0.15) is 5.10 Å². The number of amides is 1. The number of nitrogens with zero attached hydrogens (tertiary/aromatic N) is 2. The average molecular weight is 273 g/mol. The minimum absolute atomic E-state index is 0.160. The Bertz CT molecular complexity index is 576. The van der Waals surface area contributed by atoms with E-state index in [0.29, 0.717) is 5.56 Å². The molecule has 104 valence electrons. The highest BCUT2D eigenvalue weighted by Gasteiger charge is 2.07. The number of nitrogens with one attached hydrogen (secondary N) is 1. The lowest BCUT2D eigenvalue weighted by molar-refractivity contribution is -0.140. The summed E-state index contributed by atoms with van der Waals surface area (Å²) in [6.45, 7) is 0.256. The van der Waals surface area contributed by atoms with Crippen LogP contribution in [0, 0.1) is 0 Å². The van der Waals surface area contributed by atoms with Crippen molar-refractivity contribution in [3.05, 3.63) is 48.3 Å². The summed E-state index contributed by atoms with van der Waals surface area (Å²) >= 11 is 0. The number of rotatable bonds is 5. The van der Waals surface area contributed by atoms with Crippen molar-refractivity contribution in [1.29, 1.82) is 0 Å². The molecule has 20 heavy (non-hydrogen) atoms. The zero-order chi connectivity index (χ0) is 14.4. The largest absolute Gasteiger partial charge is 0.469 e. The highest BCUT2D eigenvalue weighted by molar-refractivity contribution is 5.94. The second kappa shape index (κ2) is 6.51. The van der Waals surface area contributed by atoms with Crippen LogP contribution in [0.2, 0.25) is 0 Å². The molecule has 6 heteroatoms. The van der Waals surface area contributed by atoms with Gasteiger partial charge in [-0.05, 0) is 30.3 Å². The predicted octanol–water partition coefficient (Wildman–Crippen LogP) is 1.17. The van der Waals surface area contributed by atoms with E-state index in [0.717, 1.165) is 5.69 Å². The molecule has 0 aliphatic rings. The number of methoxy groups -OCH3 is 1. The summed E-state index contributed by atoms with van der Waals surface area (Å²) in [6, 6.07) is 8.87. The molecule has 1 aromatic carbocycles. The second-order valence-corrected chi connectivity index (χ2v) is 4.08. The maximum atomic E-state index is 11.8. The molecule has 1 heterocycles. The molecule has 0 saturated heterocycles. The third-order valence-electron chi connectivity index (χ3n) is 2.74. The van der Waals surface area contributed by atoms with E-state index in [-0.39, 0.29) is 24.8 Å². The van der Waals surface area contributed by atoms with Crippen LogP contribution in [0.4, 0.5) is 0 Å². The first-order valence-electron chi connectivity index (χ1n) is 6.16. The van der Waals surface area contributed by atoms with Gasteiger partial charge in [-0.15, -0.1) is 0 Å². The van der Waals surface area contributed by atoms with Gasteiger partial charge in [0.1, 0.15) is 0 Å². The summed E-state index contributed by atoms with van der Waals surface area (Å²) in [7, 11) is 1.32. The lowest BCUT2D eigenvalue weighted by Gasteiger charge is -2.06. The van der Waals surface area contributed by atoms with E-state index in [2.05, 4.69) is 15.2 Å². The van der Waals surface area contributed by atoms with Gasteiger partial charge in [0.05, 0.1) is 19.2 Å². The number of carbonyl (C=O) groups excluding carboxylic acids is 2. The fourth-order valence-corrected chi connectivity index (χ4v) is 1.67. The molecular formula is C14H15N3O3. The highest BCUT2D eigenvalue weighted by atomic mass is 16.5. The minimum Gasteiger partial charge on any atom is -0.469 e. The maximum Gasteiger partial charge on any atom is 0.307 e. The van der Waals surface area contributed by atoms with Gasteiger partial charge in [0, 0.05) is 24.5 Å². The molecule has 1 amide bonds. The number of carbonyl (C=O) groups is 2. The van der Waals surface area contributed by atoms with Crippen LogP contribution in [0.3, 0.4) is 0 Å². The molecule has 0 unspecified atom stereocenters. The molecular weight excluding hydrogens is 258 g/mol. The van der Waals surface area contributed by atoms with Crippen LogP contribution >= 0.6 is 0 Å². The van der Waals surface area contributed by atoms with E-state index < -0.39 is 0 Å². The summed E-state index contributed by atoms with van der Waals surface area (Å²) in [5.41, 5.74) is 1.41. The summed E-state index contributed by atoms with van der Waals surface area (Å²) < 4.78 is 6.20.